The van der Waals surface area contributed by atoms with E-state index in [1.54, 1.807) is 23.1 Å². The highest BCUT2D eigenvalue weighted by atomic mass is 32.2. The molecular weight excluding hydrogens is 352 g/mol. The number of hydrogen-bond acceptors (Lipinski definition) is 4. The summed E-state index contributed by atoms with van der Waals surface area (Å²) in [5.74, 6) is 0.581. The maximum atomic E-state index is 12.8. The second kappa shape index (κ2) is 7.10. The summed E-state index contributed by atoms with van der Waals surface area (Å²) in [6.45, 7) is 6.41. The zero-order valence-electron chi connectivity index (χ0n) is 15.7. The molecule has 0 bridgehead atoms. The van der Waals surface area contributed by atoms with Gasteiger partial charge in [-0.25, -0.2) is 8.42 Å². The Morgan fingerprint density at radius 2 is 1.92 bits per heavy atom. The van der Waals surface area contributed by atoms with Crippen molar-refractivity contribution in [3.8, 4) is 5.75 Å². The van der Waals surface area contributed by atoms with Crippen molar-refractivity contribution in [3.05, 3.63) is 18.2 Å². The summed E-state index contributed by atoms with van der Waals surface area (Å²) >= 11 is 0. The van der Waals surface area contributed by atoms with E-state index in [0.29, 0.717) is 43.1 Å². The molecule has 26 heavy (non-hydrogen) atoms. The predicted octanol–water partition coefficient (Wildman–Crippen LogP) is 3.53. The smallest absolute Gasteiger partial charge is 0.236 e. The summed E-state index contributed by atoms with van der Waals surface area (Å²) in [5.41, 5.74) is 0.465. The van der Waals surface area contributed by atoms with Crippen LogP contribution in [0.25, 0.3) is 0 Å². The molecule has 0 spiro atoms. The van der Waals surface area contributed by atoms with Crippen LogP contribution in [0.1, 0.15) is 52.9 Å². The van der Waals surface area contributed by atoms with Crippen LogP contribution in [0, 0.1) is 5.41 Å². The van der Waals surface area contributed by atoms with E-state index < -0.39 is 15.4 Å². The monoisotopic (exact) mass is 380 g/mol. The van der Waals surface area contributed by atoms with Crippen LogP contribution in [-0.4, -0.2) is 32.7 Å². The molecule has 1 aliphatic heterocycles. The minimum atomic E-state index is -3.43. The van der Waals surface area contributed by atoms with E-state index in [1.807, 2.05) is 20.8 Å². The van der Waals surface area contributed by atoms with Gasteiger partial charge in [0.15, 0.2) is 0 Å². The van der Waals surface area contributed by atoms with Crippen molar-refractivity contribution in [1.82, 2.24) is 0 Å². The molecule has 1 aromatic rings. The molecule has 0 atom stereocenters. The van der Waals surface area contributed by atoms with E-state index in [9.17, 15) is 13.2 Å². The van der Waals surface area contributed by atoms with Gasteiger partial charge in [-0.05, 0) is 51.8 Å². The van der Waals surface area contributed by atoms with Gasteiger partial charge in [-0.15, -0.1) is 0 Å². The van der Waals surface area contributed by atoms with Crippen LogP contribution < -0.4 is 14.4 Å². The molecule has 6 nitrogen and oxygen atoms in total. The number of anilines is 2. The zero-order chi connectivity index (χ0) is 18.9. The van der Waals surface area contributed by atoms with Crippen molar-refractivity contribution in [2.45, 2.75) is 58.1 Å². The van der Waals surface area contributed by atoms with Crippen LogP contribution in [0.2, 0.25) is 0 Å². The van der Waals surface area contributed by atoms with Crippen LogP contribution >= 0.6 is 0 Å². The molecule has 0 unspecified atom stereocenters. The highest BCUT2D eigenvalue weighted by Crippen LogP contribution is 2.38. The van der Waals surface area contributed by atoms with Crippen molar-refractivity contribution in [3.63, 3.8) is 0 Å². The maximum absolute atomic E-state index is 12.8. The molecule has 0 aromatic heterocycles. The summed E-state index contributed by atoms with van der Waals surface area (Å²) in [5, 5.41) is -0.339. The third-order valence-corrected chi connectivity index (χ3v) is 7.10. The molecule has 0 saturated heterocycles. The second-order valence-electron chi connectivity index (χ2n) is 7.81. The summed E-state index contributed by atoms with van der Waals surface area (Å²) in [4.78, 5) is 14.5. The van der Waals surface area contributed by atoms with Crippen LogP contribution in [-0.2, 0) is 14.8 Å². The molecular formula is C19H28N2O4S. The Hall–Kier alpha value is -1.76. The van der Waals surface area contributed by atoms with Gasteiger partial charge in [0.2, 0.25) is 15.9 Å². The Kier molecular flexibility index (Phi) is 5.19. The first kappa shape index (κ1) is 19.0. The lowest BCUT2D eigenvalue weighted by atomic mass is 9.93. The van der Waals surface area contributed by atoms with Crippen LogP contribution in [0.15, 0.2) is 18.2 Å². The number of nitrogens with zero attached hydrogens (tertiary/aromatic N) is 1. The van der Waals surface area contributed by atoms with Crippen LogP contribution in [0.5, 0.6) is 5.75 Å². The number of rotatable bonds is 4. The maximum Gasteiger partial charge on any atom is 0.236 e. The SMILES string of the molecule is CCN1C(=O)C(C)(C)COc2ccc(NS(=O)(=O)C3CCCCC3)cc21. The molecule has 2 aliphatic rings. The minimum absolute atomic E-state index is 0.0222. The van der Waals surface area contributed by atoms with Crippen LogP contribution in [0.3, 0.4) is 0 Å². The number of carbonyl (C=O) groups is 1. The first-order valence-electron chi connectivity index (χ1n) is 9.35. The van der Waals surface area contributed by atoms with Crippen molar-refractivity contribution in [2.75, 3.05) is 22.8 Å². The molecule has 1 fully saturated rings. The first-order chi connectivity index (χ1) is 12.2. The molecule has 1 aliphatic carbocycles. The Morgan fingerprint density at radius 1 is 1.23 bits per heavy atom. The number of nitrogens with one attached hydrogen (secondary N) is 1. The molecule has 3 rings (SSSR count). The summed E-state index contributed by atoms with van der Waals surface area (Å²) in [6.07, 6.45) is 4.42. The highest BCUT2D eigenvalue weighted by molar-refractivity contribution is 7.93. The molecule has 1 N–H and O–H groups in total. The number of sulfonamides is 1. The fourth-order valence-electron chi connectivity index (χ4n) is 3.65. The van der Waals surface area contributed by atoms with Crippen LogP contribution in [0.4, 0.5) is 11.4 Å². The van der Waals surface area contributed by atoms with Gasteiger partial charge < -0.3 is 9.64 Å². The number of fused-ring (bicyclic) bond motifs is 1. The predicted molar refractivity (Wildman–Crippen MR) is 103 cm³/mol. The molecule has 144 valence electrons. The Labute approximate surface area is 156 Å². The lowest BCUT2D eigenvalue weighted by molar-refractivity contribution is -0.127. The van der Waals surface area contributed by atoms with Gasteiger partial charge in [0.1, 0.15) is 12.4 Å². The van der Waals surface area contributed by atoms with E-state index in [4.69, 9.17) is 4.74 Å². The largest absolute Gasteiger partial charge is 0.490 e. The highest BCUT2D eigenvalue weighted by Gasteiger charge is 2.37. The molecule has 7 heteroatoms. The second-order valence-corrected chi connectivity index (χ2v) is 9.77. The standard InChI is InChI=1S/C19H28N2O4S/c1-4-21-16-12-14(20-26(23,24)15-8-6-5-7-9-15)10-11-17(16)25-13-19(2,3)18(21)22/h10-12,15,20H,4-9,13H2,1-3H3. The number of ether oxygens (including phenoxy) is 1. The zero-order valence-corrected chi connectivity index (χ0v) is 16.6. The van der Waals surface area contributed by atoms with E-state index >= 15 is 0 Å². The summed E-state index contributed by atoms with van der Waals surface area (Å²) in [6, 6.07) is 5.15. The van der Waals surface area contributed by atoms with Crippen molar-refractivity contribution in [1.29, 1.82) is 0 Å². The van der Waals surface area contributed by atoms with Crippen molar-refractivity contribution < 1.29 is 17.9 Å². The average molecular weight is 381 g/mol. The third-order valence-electron chi connectivity index (χ3n) is 5.23. The minimum Gasteiger partial charge on any atom is -0.490 e. The topological polar surface area (TPSA) is 75.7 Å². The van der Waals surface area contributed by atoms with Crippen molar-refractivity contribution >= 4 is 27.3 Å². The molecule has 0 radical (unpaired) electrons. The fourth-order valence-corrected chi connectivity index (χ4v) is 5.22. The fraction of sp³-hybridized carbons (Fsp3) is 0.632. The van der Waals surface area contributed by atoms with E-state index in [0.717, 1.165) is 19.3 Å². The van der Waals surface area contributed by atoms with Gasteiger partial charge in [0.25, 0.3) is 0 Å². The quantitative estimate of drug-likeness (QED) is 0.867. The van der Waals surface area contributed by atoms with Gasteiger partial charge in [0.05, 0.1) is 22.0 Å². The number of benzene rings is 1. The molecule has 1 aromatic carbocycles. The Bertz CT molecular complexity index is 783. The van der Waals surface area contributed by atoms with Gasteiger partial charge >= 0.3 is 0 Å². The third kappa shape index (κ3) is 3.68. The van der Waals surface area contributed by atoms with E-state index in [-0.39, 0.29) is 11.2 Å². The Morgan fingerprint density at radius 3 is 2.58 bits per heavy atom. The summed E-state index contributed by atoms with van der Waals surface area (Å²) < 4.78 is 33.9. The number of carbonyl (C=O) groups excluding carboxylic acids is 1. The number of amides is 1. The van der Waals surface area contributed by atoms with E-state index in [1.165, 1.54) is 0 Å². The normalized spacial score (nSPS) is 20.9. The Balaban J connectivity index is 1.90. The lowest BCUT2D eigenvalue weighted by Gasteiger charge is -2.27. The van der Waals surface area contributed by atoms with Crippen molar-refractivity contribution in [2.24, 2.45) is 5.41 Å². The summed E-state index contributed by atoms with van der Waals surface area (Å²) in [7, 11) is -3.43. The van der Waals surface area contributed by atoms with Gasteiger partial charge in [-0.2, -0.15) is 0 Å². The van der Waals surface area contributed by atoms with Gasteiger partial charge in [-0.1, -0.05) is 19.3 Å². The number of hydrogen-bond donors (Lipinski definition) is 1. The average Bonchev–Trinajstić information content (AvgIpc) is 2.70. The lowest BCUT2D eigenvalue weighted by Crippen LogP contribution is -2.42. The van der Waals surface area contributed by atoms with E-state index in [2.05, 4.69) is 4.72 Å². The molecule has 1 saturated carbocycles. The molecule has 1 amide bonds. The first-order valence-corrected chi connectivity index (χ1v) is 10.9. The molecule has 1 heterocycles. The van der Waals surface area contributed by atoms with Gasteiger partial charge in [-0.3, -0.25) is 9.52 Å². The van der Waals surface area contributed by atoms with Gasteiger partial charge in [0, 0.05) is 6.54 Å².